The Morgan fingerprint density at radius 3 is 2.29 bits per heavy atom. The monoisotopic (exact) mass is 222 g/mol. The van der Waals surface area contributed by atoms with Crippen LogP contribution < -0.4 is 0 Å². The third kappa shape index (κ3) is 2.91. The second kappa shape index (κ2) is 5.26. The molecule has 0 bridgehead atoms. The number of carbonyl (C=O) groups excluding carboxylic acids is 1. The normalized spacial score (nSPS) is 10.6. The van der Waals surface area contributed by atoms with Crippen LogP contribution in [0.3, 0.4) is 0 Å². The van der Waals surface area contributed by atoms with Gasteiger partial charge >= 0.3 is 0 Å². The lowest BCUT2D eigenvalue weighted by Gasteiger charge is -1.98. The molecule has 0 saturated carbocycles. The van der Waals surface area contributed by atoms with E-state index in [0.29, 0.717) is 0 Å². The van der Waals surface area contributed by atoms with E-state index >= 15 is 0 Å². The van der Waals surface area contributed by atoms with Gasteiger partial charge in [0.1, 0.15) is 0 Å². The first-order valence-electron chi connectivity index (χ1n) is 5.60. The molecule has 0 N–H and O–H groups in total. The van der Waals surface area contributed by atoms with Crippen LogP contribution in [0.15, 0.2) is 60.7 Å². The van der Waals surface area contributed by atoms with Crippen molar-refractivity contribution in [2.24, 2.45) is 0 Å². The summed E-state index contributed by atoms with van der Waals surface area (Å²) < 4.78 is 0. The average molecular weight is 222 g/mol. The van der Waals surface area contributed by atoms with Gasteiger partial charge in [0.15, 0.2) is 5.78 Å². The highest BCUT2D eigenvalue weighted by atomic mass is 16.1. The molecule has 2 aromatic carbocycles. The molecule has 1 heteroatoms. The highest BCUT2D eigenvalue weighted by Gasteiger charge is 1.99. The van der Waals surface area contributed by atoms with Crippen LogP contribution in [0.1, 0.15) is 21.5 Å². The van der Waals surface area contributed by atoms with Crippen molar-refractivity contribution in [1.82, 2.24) is 0 Å². The molecule has 0 fully saturated rings. The molecular weight excluding hydrogens is 208 g/mol. The Bertz CT molecular complexity index is 538. The second-order valence-corrected chi connectivity index (χ2v) is 3.92. The van der Waals surface area contributed by atoms with Crippen LogP contribution in [0.5, 0.6) is 0 Å². The van der Waals surface area contributed by atoms with E-state index < -0.39 is 0 Å². The number of allylic oxidation sites excluding steroid dienone is 1. The van der Waals surface area contributed by atoms with Crippen LogP contribution in [-0.2, 0) is 0 Å². The Balaban J connectivity index is 2.17. The summed E-state index contributed by atoms with van der Waals surface area (Å²) in [6.07, 6.45) is 3.49. The Morgan fingerprint density at radius 1 is 0.941 bits per heavy atom. The summed E-state index contributed by atoms with van der Waals surface area (Å²) in [6.45, 7) is 2.03. The summed E-state index contributed by atoms with van der Waals surface area (Å²) in [5.74, 6) is 0.0360. The molecule has 0 aliphatic rings. The van der Waals surface area contributed by atoms with Gasteiger partial charge in [-0.15, -0.1) is 0 Å². The van der Waals surface area contributed by atoms with Gasteiger partial charge in [-0.05, 0) is 24.1 Å². The lowest BCUT2D eigenvalue weighted by molar-refractivity contribution is 0.104. The average Bonchev–Trinajstić information content (AvgIpc) is 2.38. The zero-order chi connectivity index (χ0) is 12.1. The Morgan fingerprint density at radius 2 is 1.59 bits per heavy atom. The molecule has 1 nitrogen and oxygen atoms in total. The summed E-state index contributed by atoms with van der Waals surface area (Å²) in [6, 6.07) is 17.3. The van der Waals surface area contributed by atoms with Crippen molar-refractivity contribution in [1.29, 1.82) is 0 Å². The Hall–Kier alpha value is -2.15. The molecule has 0 aliphatic heterocycles. The molecule has 84 valence electrons. The van der Waals surface area contributed by atoms with E-state index in [0.717, 1.165) is 11.1 Å². The number of rotatable bonds is 3. The molecule has 2 rings (SSSR count). The molecular formula is C16H14O. The van der Waals surface area contributed by atoms with Gasteiger partial charge in [-0.25, -0.2) is 0 Å². The van der Waals surface area contributed by atoms with Crippen LogP contribution in [0.25, 0.3) is 6.08 Å². The molecule has 0 unspecified atom stereocenters. The molecule has 0 aliphatic carbocycles. The summed E-state index contributed by atoms with van der Waals surface area (Å²) >= 11 is 0. The number of carbonyl (C=O) groups is 1. The lowest BCUT2D eigenvalue weighted by atomic mass is 10.1. The van der Waals surface area contributed by atoms with Gasteiger partial charge in [-0.1, -0.05) is 60.7 Å². The predicted molar refractivity (Wildman–Crippen MR) is 71.0 cm³/mol. The first kappa shape index (κ1) is 11.3. The molecule has 2 aromatic rings. The van der Waals surface area contributed by atoms with E-state index in [2.05, 4.69) is 0 Å². The Kier molecular flexibility index (Phi) is 3.51. The minimum Gasteiger partial charge on any atom is -0.289 e. The molecule has 0 heterocycles. The summed E-state index contributed by atoms with van der Waals surface area (Å²) in [7, 11) is 0. The molecule has 0 saturated heterocycles. The van der Waals surface area contributed by atoms with Gasteiger partial charge in [-0.2, -0.15) is 0 Å². The van der Waals surface area contributed by atoms with Gasteiger partial charge in [0.05, 0.1) is 0 Å². The van der Waals surface area contributed by atoms with Gasteiger partial charge in [-0.3, -0.25) is 4.79 Å². The number of aryl methyl sites for hydroxylation is 1. The van der Waals surface area contributed by atoms with Crippen LogP contribution >= 0.6 is 0 Å². The van der Waals surface area contributed by atoms with Crippen LogP contribution in [-0.4, -0.2) is 5.78 Å². The van der Waals surface area contributed by atoms with E-state index in [-0.39, 0.29) is 5.78 Å². The molecule has 0 amide bonds. The van der Waals surface area contributed by atoms with Crippen LogP contribution in [0.4, 0.5) is 0 Å². The lowest BCUT2D eigenvalue weighted by Crippen LogP contribution is -1.92. The number of hydrogen-bond acceptors (Lipinski definition) is 1. The first-order valence-corrected chi connectivity index (χ1v) is 5.60. The smallest absolute Gasteiger partial charge is 0.185 e. The predicted octanol–water partition coefficient (Wildman–Crippen LogP) is 3.89. The van der Waals surface area contributed by atoms with Gasteiger partial charge in [0, 0.05) is 5.56 Å². The first-order chi connectivity index (χ1) is 8.27. The zero-order valence-corrected chi connectivity index (χ0v) is 9.76. The number of ketones is 1. The maximum absolute atomic E-state index is 11.8. The maximum Gasteiger partial charge on any atom is 0.185 e. The van der Waals surface area contributed by atoms with Crippen molar-refractivity contribution >= 4 is 11.9 Å². The molecule has 17 heavy (non-hydrogen) atoms. The molecule has 0 atom stereocenters. The zero-order valence-electron chi connectivity index (χ0n) is 9.76. The fourth-order valence-electron chi connectivity index (χ4n) is 1.64. The summed E-state index contributed by atoms with van der Waals surface area (Å²) in [4.78, 5) is 11.8. The van der Waals surface area contributed by atoms with E-state index in [1.54, 1.807) is 6.08 Å². The number of hydrogen-bond donors (Lipinski definition) is 0. The minimum absolute atomic E-state index is 0.0360. The van der Waals surface area contributed by atoms with Crippen LogP contribution in [0, 0.1) is 6.92 Å². The van der Waals surface area contributed by atoms with Crippen molar-refractivity contribution in [3.8, 4) is 0 Å². The second-order valence-electron chi connectivity index (χ2n) is 3.92. The molecule has 0 radical (unpaired) electrons. The fraction of sp³-hybridized carbons (Fsp3) is 0.0625. The third-order valence-corrected chi connectivity index (χ3v) is 2.66. The quantitative estimate of drug-likeness (QED) is 0.568. The fourth-order valence-corrected chi connectivity index (χ4v) is 1.64. The maximum atomic E-state index is 11.8. The summed E-state index contributed by atoms with van der Waals surface area (Å²) in [5.41, 5.74) is 2.97. The van der Waals surface area contributed by atoms with E-state index in [1.165, 1.54) is 5.56 Å². The minimum atomic E-state index is 0.0360. The SMILES string of the molecule is Cc1ccccc1C=CC(=O)c1ccccc1. The van der Waals surface area contributed by atoms with Crippen LogP contribution in [0.2, 0.25) is 0 Å². The third-order valence-electron chi connectivity index (χ3n) is 2.66. The van der Waals surface area contributed by atoms with E-state index in [4.69, 9.17) is 0 Å². The van der Waals surface area contributed by atoms with Crippen molar-refractivity contribution in [3.05, 3.63) is 77.4 Å². The molecule has 0 aromatic heterocycles. The van der Waals surface area contributed by atoms with Crippen molar-refractivity contribution in [2.75, 3.05) is 0 Å². The van der Waals surface area contributed by atoms with Gasteiger partial charge < -0.3 is 0 Å². The summed E-state index contributed by atoms with van der Waals surface area (Å²) in [5, 5.41) is 0. The number of benzene rings is 2. The Labute approximate surface area is 101 Å². The van der Waals surface area contributed by atoms with Gasteiger partial charge in [0.2, 0.25) is 0 Å². The molecule has 0 spiro atoms. The van der Waals surface area contributed by atoms with Gasteiger partial charge in [0.25, 0.3) is 0 Å². The highest BCUT2D eigenvalue weighted by molar-refractivity contribution is 6.06. The van der Waals surface area contributed by atoms with Crippen molar-refractivity contribution in [3.63, 3.8) is 0 Å². The highest BCUT2D eigenvalue weighted by Crippen LogP contribution is 2.10. The topological polar surface area (TPSA) is 17.1 Å². The van der Waals surface area contributed by atoms with Crippen molar-refractivity contribution < 1.29 is 4.79 Å². The van der Waals surface area contributed by atoms with Crippen molar-refractivity contribution in [2.45, 2.75) is 6.92 Å². The largest absolute Gasteiger partial charge is 0.289 e. The van der Waals surface area contributed by atoms with E-state index in [9.17, 15) is 4.79 Å². The van der Waals surface area contributed by atoms with E-state index in [1.807, 2.05) is 67.6 Å². The standard InChI is InChI=1S/C16H14O/c1-13-7-5-6-8-14(13)11-12-16(17)15-9-3-2-4-10-15/h2-12H,1H3.